The molecule has 0 bridgehead atoms. The second kappa shape index (κ2) is 8.09. The van der Waals surface area contributed by atoms with Gasteiger partial charge < -0.3 is 14.2 Å². The van der Waals surface area contributed by atoms with Gasteiger partial charge in [0.2, 0.25) is 5.91 Å². The van der Waals surface area contributed by atoms with Crippen molar-refractivity contribution in [2.45, 2.75) is 50.5 Å². The lowest BCUT2D eigenvalue weighted by Gasteiger charge is -2.21. The summed E-state index contributed by atoms with van der Waals surface area (Å²) in [6.07, 6.45) is 8.11. The number of amides is 1. The molecule has 1 amide bonds. The summed E-state index contributed by atoms with van der Waals surface area (Å²) in [6, 6.07) is 12.0. The minimum Gasteiger partial charge on any atom is -0.496 e. The topological polar surface area (TPSA) is 60.2 Å². The van der Waals surface area contributed by atoms with E-state index in [1.807, 2.05) is 41.4 Å². The molecule has 30 heavy (non-hydrogen) atoms. The third kappa shape index (κ3) is 3.44. The van der Waals surface area contributed by atoms with Crippen LogP contribution in [0.25, 0.3) is 11.2 Å². The number of carbonyl (C=O) groups excluding carboxylic acids is 1. The minimum atomic E-state index is 0.154. The third-order valence-electron chi connectivity index (χ3n) is 6.61. The summed E-state index contributed by atoms with van der Waals surface area (Å²) in [5, 5.41) is 0. The van der Waals surface area contributed by atoms with Gasteiger partial charge in [-0.2, -0.15) is 0 Å². The van der Waals surface area contributed by atoms with Gasteiger partial charge in [0.15, 0.2) is 5.65 Å². The fourth-order valence-electron chi connectivity index (χ4n) is 5.08. The molecule has 2 aliphatic rings. The van der Waals surface area contributed by atoms with E-state index in [9.17, 15) is 4.79 Å². The van der Waals surface area contributed by atoms with Gasteiger partial charge in [-0.15, -0.1) is 0 Å². The molecule has 1 aliphatic heterocycles. The van der Waals surface area contributed by atoms with Crippen molar-refractivity contribution in [2.24, 2.45) is 0 Å². The van der Waals surface area contributed by atoms with Crippen molar-refractivity contribution >= 4 is 17.1 Å². The lowest BCUT2D eigenvalue weighted by Crippen LogP contribution is -2.30. The molecule has 0 spiro atoms. The van der Waals surface area contributed by atoms with E-state index in [1.54, 1.807) is 7.11 Å². The summed E-state index contributed by atoms with van der Waals surface area (Å²) in [6.45, 7) is 1.49. The Hall–Kier alpha value is -2.89. The van der Waals surface area contributed by atoms with Crippen LogP contribution in [0.1, 0.15) is 55.5 Å². The van der Waals surface area contributed by atoms with Crippen molar-refractivity contribution in [3.63, 3.8) is 0 Å². The Balaban J connectivity index is 1.38. The van der Waals surface area contributed by atoms with Gasteiger partial charge in [0.25, 0.3) is 0 Å². The highest BCUT2D eigenvalue weighted by molar-refractivity contribution is 5.80. The van der Waals surface area contributed by atoms with E-state index in [4.69, 9.17) is 9.72 Å². The second-order valence-electron chi connectivity index (χ2n) is 8.44. The van der Waals surface area contributed by atoms with E-state index in [1.165, 1.54) is 31.5 Å². The predicted octanol–water partition coefficient (Wildman–Crippen LogP) is 4.11. The Bertz CT molecular complexity index is 1050. The molecule has 1 saturated carbocycles. The highest BCUT2D eigenvalue weighted by Crippen LogP contribution is 2.38. The van der Waals surface area contributed by atoms with Crippen molar-refractivity contribution in [2.75, 3.05) is 20.2 Å². The van der Waals surface area contributed by atoms with Gasteiger partial charge in [0.1, 0.15) is 17.1 Å². The molecule has 2 fully saturated rings. The minimum absolute atomic E-state index is 0.154. The first kappa shape index (κ1) is 19.1. The first-order chi connectivity index (χ1) is 14.7. The van der Waals surface area contributed by atoms with E-state index in [0.29, 0.717) is 12.3 Å². The number of carbonyl (C=O) groups is 1. The maximum atomic E-state index is 13.0. The van der Waals surface area contributed by atoms with Crippen LogP contribution in [0.5, 0.6) is 5.75 Å². The van der Waals surface area contributed by atoms with E-state index in [0.717, 1.165) is 42.0 Å². The van der Waals surface area contributed by atoms with Crippen LogP contribution in [0.3, 0.4) is 0 Å². The fraction of sp³-hybridized carbons (Fsp3) is 0.458. The van der Waals surface area contributed by atoms with Crippen LogP contribution >= 0.6 is 0 Å². The fourth-order valence-corrected chi connectivity index (χ4v) is 5.08. The van der Waals surface area contributed by atoms with Crippen LogP contribution in [0.2, 0.25) is 0 Å². The number of hydrogen-bond acceptors (Lipinski definition) is 4. The van der Waals surface area contributed by atoms with Crippen molar-refractivity contribution in [3.05, 3.63) is 54.0 Å². The van der Waals surface area contributed by atoms with Crippen LogP contribution in [0.15, 0.2) is 42.6 Å². The summed E-state index contributed by atoms with van der Waals surface area (Å²) < 4.78 is 7.77. The van der Waals surface area contributed by atoms with Crippen LogP contribution in [0, 0.1) is 0 Å². The first-order valence-electron chi connectivity index (χ1n) is 11.0. The largest absolute Gasteiger partial charge is 0.496 e. The van der Waals surface area contributed by atoms with Gasteiger partial charge in [-0.25, -0.2) is 9.97 Å². The molecule has 0 unspecified atom stereocenters. The molecule has 2 aromatic heterocycles. The van der Waals surface area contributed by atoms with Crippen molar-refractivity contribution in [1.82, 2.24) is 19.4 Å². The zero-order valence-corrected chi connectivity index (χ0v) is 17.5. The second-order valence-corrected chi connectivity index (χ2v) is 8.44. The highest BCUT2D eigenvalue weighted by Gasteiger charge is 2.33. The van der Waals surface area contributed by atoms with Gasteiger partial charge in [-0.1, -0.05) is 31.0 Å². The Labute approximate surface area is 176 Å². The number of nitrogens with zero attached hydrogens (tertiary/aromatic N) is 4. The monoisotopic (exact) mass is 404 g/mol. The molecule has 3 heterocycles. The normalized spacial score (nSPS) is 19.6. The molecule has 1 saturated heterocycles. The molecule has 1 aromatic carbocycles. The quantitative estimate of drug-likeness (QED) is 0.642. The number of rotatable bonds is 5. The highest BCUT2D eigenvalue weighted by atomic mass is 16.5. The zero-order valence-electron chi connectivity index (χ0n) is 17.5. The molecule has 1 atom stereocenters. The van der Waals surface area contributed by atoms with Crippen molar-refractivity contribution in [3.8, 4) is 5.75 Å². The molecule has 6 heteroatoms. The van der Waals surface area contributed by atoms with Crippen LogP contribution in [-0.4, -0.2) is 45.5 Å². The van der Waals surface area contributed by atoms with Gasteiger partial charge >= 0.3 is 0 Å². The van der Waals surface area contributed by atoms with E-state index in [-0.39, 0.29) is 11.9 Å². The Morgan fingerprint density at radius 3 is 2.80 bits per heavy atom. The van der Waals surface area contributed by atoms with E-state index in [2.05, 4.69) is 15.6 Å². The van der Waals surface area contributed by atoms with Gasteiger partial charge in [-0.05, 0) is 37.5 Å². The summed E-state index contributed by atoms with van der Waals surface area (Å²) in [5.41, 5.74) is 2.87. The van der Waals surface area contributed by atoms with Gasteiger partial charge in [0, 0.05) is 30.8 Å². The van der Waals surface area contributed by atoms with E-state index >= 15 is 0 Å². The number of aromatic nitrogens is 3. The van der Waals surface area contributed by atoms with Gasteiger partial charge in [0.05, 0.1) is 19.6 Å². The van der Waals surface area contributed by atoms with Crippen LogP contribution < -0.4 is 4.74 Å². The predicted molar refractivity (Wildman–Crippen MR) is 116 cm³/mol. The maximum Gasteiger partial charge on any atom is 0.227 e. The van der Waals surface area contributed by atoms with E-state index < -0.39 is 0 Å². The standard InChI is InChI=1S/C24H28N4O2/c1-30-21-11-5-4-9-18(21)15-22(29)27-14-12-19(16-27)28-23(17-7-2-3-8-17)26-20-10-6-13-25-24(20)28/h4-6,9-11,13,17,19H,2-3,7-8,12,14-16H2,1H3/t19-/m0/s1. The number of benzene rings is 1. The molecule has 0 N–H and O–H groups in total. The summed E-state index contributed by atoms with van der Waals surface area (Å²) in [4.78, 5) is 24.7. The van der Waals surface area contributed by atoms with Crippen LogP contribution in [0.4, 0.5) is 0 Å². The number of para-hydroxylation sites is 1. The first-order valence-corrected chi connectivity index (χ1v) is 11.0. The average Bonchev–Trinajstić information content (AvgIpc) is 3.52. The number of imidazole rings is 1. The molecule has 6 nitrogen and oxygen atoms in total. The SMILES string of the molecule is COc1ccccc1CC(=O)N1CC[C@H](n2c(C3CCCC3)nc3cccnc32)C1. The lowest BCUT2D eigenvalue weighted by atomic mass is 10.1. The maximum absolute atomic E-state index is 13.0. The van der Waals surface area contributed by atoms with Gasteiger partial charge in [-0.3, -0.25) is 4.79 Å². The number of ether oxygens (including phenoxy) is 1. The smallest absolute Gasteiger partial charge is 0.227 e. The zero-order chi connectivity index (χ0) is 20.5. The molecular formula is C24H28N4O2. The molecule has 3 aromatic rings. The van der Waals surface area contributed by atoms with Crippen LogP contribution in [-0.2, 0) is 11.2 Å². The Kier molecular flexibility index (Phi) is 5.15. The molecule has 0 radical (unpaired) electrons. The Morgan fingerprint density at radius 1 is 1.13 bits per heavy atom. The number of likely N-dealkylation sites (tertiary alicyclic amines) is 1. The van der Waals surface area contributed by atoms with Crippen molar-refractivity contribution < 1.29 is 9.53 Å². The lowest BCUT2D eigenvalue weighted by molar-refractivity contribution is -0.129. The number of hydrogen-bond donors (Lipinski definition) is 0. The summed E-state index contributed by atoms with van der Waals surface area (Å²) >= 11 is 0. The van der Waals surface area contributed by atoms with Crippen molar-refractivity contribution in [1.29, 1.82) is 0 Å². The average molecular weight is 405 g/mol. The summed E-state index contributed by atoms with van der Waals surface area (Å²) in [7, 11) is 1.65. The molecular weight excluding hydrogens is 376 g/mol. The molecule has 156 valence electrons. The molecule has 1 aliphatic carbocycles. The number of fused-ring (bicyclic) bond motifs is 1. The summed E-state index contributed by atoms with van der Waals surface area (Å²) in [5.74, 6) is 2.61. The Morgan fingerprint density at radius 2 is 1.97 bits per heavy atom. The molecule has 5 rings (SSSR count). The number of pyridine rings is 1. The number of methoxy groups -OCH3 is 1. The third-order valence-corrected chi connectivity index (χ3v) is 6.61.